The Morgan fingerprint density at radius 1 is 0.963 bits per heavy atom. The van der Waals surface area contributed by atoms with Crippen LogP contribution in [0.1, 0.15) is 10.4 Å². The Labute approximate surface area is 156 Å². The number of benzene rings is 2. The summed E-state index contributed by atoms with van der Waals surface area (Å²) in [6.07, 6.45) is 3.42. The van der Waals surface area contributed by atoms with Gasteiger partial charge in [-0.2, -0.15) is 0 Å². The maximum absolute atomic E-state index is 13.0. The van der Waals surface area contributed by atoms with Crippen LogP contribution in [0.2, 0.25) is 0 Å². The molecule has 0 spiro atoms. The maximum atomic E-state index is 13.0. The van der Waals surface area contributed by atoms with E-state index in [0.29, 0.717) is 17.0 Å². The molecule has 0 bridgehead atoms. The highest BCUT2D eigenvalue weighted by Crippen LogP contribution is 2.26. The SMILES string of the molecule is COc1cccc(NC(=O)c2cc(-c3ccncc3)nc3ccccc23)c1. The van der Waals surface area contributed by atoms with Crippen molar-refractivity contribution in [1.29, 1.82) is 0 Å². The van der Waals surface area contributed by atoms with E-state index in [9.17, 15) is 4.79 Å². The monoisotopic (exact) mass is 355 g/mol. The predicted octanol–water partition coefficient (Wildman–Crippen LogP) is 4.56. The van der Waals surface area contributed by atoms with Crippen molar-refractivity contribution in [2.24, 2.45) is 0 Å². The number of carbonyl (C=O) groups excluding carboxylic acids is 1. The van der Waals surface area contributed by atoms with E-state index in [-0.39, 0.29) is 5.91 Å². The number of ether oxygens (including phenoxy) is 1. The number of hydrogen-bond acceptors (Lipinski definition) is 4. The first kappa shape index (κ1) is 16.7. The van der Waals surface area contributed by atoms with Gasteiger partial charge in [0.05, 0.1) is 23.9 Å². The molecule has 2 aromatic carbocycles. The van der Waals surface area contributed by atoms with Crippen LogP contribution >= 0.6 is 0 Å². The van der Waals surface area contributed by atoms with E-state index in [1.807, 2.05) is 60.7 Å². The summed E-state index contributed by atoms with van der Waals surface area (Å²) in [4.78, 5) is 21.8. The molecule has 2 aromatic heterocycles. The van der Waals surface area contributed by atoms with Crippen molar-refractivity contribution < 1.29 is 9.53 Å². The Balaban J connectivity index is 1.78. The Bertz CT molecular complexity index is 1110. The fourth-order valence-corrected chi connectivity index (χ4v) is 2.93. The van der Waals surface area contributed by atoms with Gasteiger partial charge in [0, 0.05) is 35.1 Å². The molecule has 0 aliphatic rings. The summed E-state index contributed by atoms with van der Waals surface area (Å²) >= 11 is 0. The van der Waals surface area contributed by atoms with E-state index in [0.717, 1.165) is 22.2 Å². The van der Waals surface area contributed by atoms with E-state index in [2.05, 4.69) is 10.3 Å². The van der Waals surface area contributed by atoms with Gasteiger partial charge in [0.2, 0.25) is 0 Å². The van der Waals surface area contributed by atoms with Gasteiger partial charge in [-0.1, -0.05) is 24.3 Å². The molecule has 0 atom stereocenters. The van der Waals surface area contributed by atoms with E-state index < -0.39 is 0 Å². The summed E-state index contributed by atoms with van der Waals surface area (Å²) in [5.41, 5.74) is 3.64. The van der Waals surface area contributed by atoms with Gasteiger partial charge in [-0.05, 0) is 36.4 Å². The van der Waals surface area contributed by atoms with Crippen molar-refractivity contribution in [3.8, 4) is 17.0 Å². The number of aromatic nitrogens is 2. The van der Waals surface area contributed by atoms with E-state index >= 15 is 0 Å². The summed E-state index contributed by atoms with van der Waals surface area (Å²) in [5, 5.41) is 3.75. The van der Waals surface area contributed by atoms with Crippen molar-refractivity contribution >= 4 is 22.5 Å². The van der Waals surface area contributed by atoms with Crippen molar-refractivity contribution in [3.05, 3.63) is 84.7 Å². The number of anilines is 1. The van der Waals surface area contributed by atoms with Crippen LogP contribution in [0.5, 0.6) is 5.75 Å². The molecule has 0 radical (unpaired) electrons. The number of rotatable bonds is 4. The summed E-state index contributed by atoms with van der Waals surface area (Å²) in [7, 11) is 1.60. The molecular formula is C22H17N3O2. The second-order valence-corrected chi connectivity index (χ2v) is 5.99. The smallest absolute Gasteiger partial charge is 0.256 e. The normalized spacial score (nSPS) is 10.6. The lowest BCUT2D eigenvalue weighted by molar-refractivity contribution is 0.102. The average molecular weight is 355 g/mol. The number of fused-ring (bicyclic) bond motifs is 1. The van der Waals surface area contributed by atoms with Crippen LogP contribution in [0.3, 0.4) is 0 Å². The number of hydrogen-bond donors (Lipinski definition) is 1. The van der Waals surface area contributed by atoms with Gasteiger partial charge in [0.25, 0.3) is 5.91 Å². The minimum atomic E-state index is -0.197. The molecule has 132 valence electrons. The standard InChI is InChI=1S/C22H17N3O2/c1-27-17-6-4-5-16(13-17)24-22(26)19-14-21(15-9-11-23-12-10-15)25-20-8-3-2-7-18(19)20/h2-14H,1H3,(H,24,26). The third-order valence-electron chi connectivity index (χ3n) is 4.26. The summed E-state index contributed by atoms with van der Waals surface area (Å²) in [5.74, 6) is 0.488. The zero-order valence-corrected chi connectivity index (χ0v) is 14.7. The number of carbonyl (C=O) groups is 1. The van der Waals surface area contributed by atoms with Gasteiger partial charge in [0.1, 0.15) is 5.75 Å². The molecule has 0 unspecified atom stereocenters. The van der Waals surface area contributed by atoms with Crippen LogP contribution in [-0.2, 0) is 0 Å². The number of nitrogens with one attached hydrogen (secondary N) is 1. The van der Waals surface area contributed by atoms with E-state index in [1.165, 1.54) is 0 Å². The first-order chi connectivity index (χ1) is 13.2. The Morgan fingerprint density at radius 2 is 1.78 bits per heavy atom. The third-order valence-corrected chi connectivity index (χ3v) is 4.26. The molecule has 0 fully saturated rings. The van der Waals surface area contributed by atoms with Crippen LogP contribution in [-0.4, -0.2) is 23.0 Å². The first-order valence-corrected chi connectivity index (χ1v) is 8.50. The molecule has 0 saturated heterocycles. The highest BCUT2D eigenvalue weighted by Gasteiger charge is 2.14. The van der Waals surface area contributed by atoms with Gasteiger partial charge >= 0.3 is 0 Å². The molecule has 1 N–H and O–H groups in total. The second-order valence-electron chi connectivity index (χ2n) is 5.99. The second kappa shape index (κ2) is 7.25. The van der Waals surface area contributed by atoms with E-state index in [4.69, 9.17) is 9.72 Å². The van der Waals surface area contributed by atoms with Crippen LogP contribution in [0.25, 0.3) is 22.2 Å². The molecule has 0 aliphatic heterocycles. The quantitative estimate of drug-likeness (QED) is 0.583. The molecule has 0 aliphatic carbocycles. The summed E-state index contributed by atoms with van der Waals surface area (Å²) in [6.45, 7) is 0. The van der Waals surface area contributed by atoms with Gasteiger partial charge in [-0.3, -0.25) is 9.78 Å². The zero-order valence-electron chi connectivity index (χ0n) is 14.7. The molecule has 5 nitrogen and oxygen atoms in total. The summed E-state index contributed by atoms with van der Waals surface area (Å²) in [6, 6.07) is 20.5. The number of pyridine rings is 2. The lowest BCUT2D eigenvalue weighted by Gasteiger charge is -2.11. The maximum Gasteiger partial charge on any atom is 0.256 e. The van der Waals surface area contributed by atoms with Crippen LogP contribution in [0.4, 0.5) is 5.69 Å². The molecule has 4 aromatic rings. The van der Waals surface area contributed by atoms with Gasteiger partial charge in [-0.25, -0.2) is 4.98 Å². The fraction of sp³-hybridized carbons (Fsp3) is 0.0455. The van der Waals surface area contributed by atoms with Gasteiger partial charge in [0.15, 0.2) is 0 Å². The average Bonchev–Trinajstić information content (AvgIpc) is 2.73. The number of para-hydroxylation sites is 1. The summed E-state index contributed by atoms with van der Waals surface area (Å²) < 4.78 is 5.22. The minimum absolute atomic E-state index is 0.197. The van der Waals surface area contributed by atoms with Crippen molar-refractivity contribution in [2.45, 2.75) is 0 Å². The number of amides is 1. The molecular weight excluding hydrogens is 338 g/mol. The predicted molar refractivity (Wildman–Crippen MR) is 106 cm³/mol. The lowest BCUT2D eigenvalue weighted by Crippen LogP contribution is -2.13. The molecule has 4 rings (SSSR count). The van der Waals surface area contributed by atoms with Crippen molar-refractivity contribution in [1.82, 2.24) is 9.97 Å². The molecule has 0 saturated carbocycles. The number of nitrogens with zero attached hydrogens (tertiary/aromatic N) is 2. The van der Waals surface area contributed by atoms with Crippen LogP contribution in [0, 0.1) is 0 Å². The molecule has 1 amide bonds. The van der Waals surface area contributed by atoms with Crippen molar-refractivity contribution in [2.75, 3.05) is 12.4 Å². The minimum Gasteiger partial charge on any atom is -0.497 e. The van der Waals surface area contributed by atoms with Gasteiger partial charge < -0.3 is 10.1 Å². The highest BCUT2D eigenvalue weighted by atomic mass is 16.5. The molecule has 5 heteroatoms. The van der Waals surface area contributed by atoms with Gasteiger partial charge in [-0.15, -0.1) is 0 Å². The highest BCUT2D eigenvalue weighted by molar-refractivity contribution is 6.13. The first-order valence-electron chi connectivity index (χ1n) is 8.50. The number of methoxy groups -OCH3 is 1. The largest absolute Gasteiger partial charge is 0.497 e. The van der Waals surface area contributed by atoms with Crippen LogP contribution in [0.15, 0.2) is 79.1 Å². The Morgan fingerprint density at radius 3 is 2.59 bits per heavy atom. The lowest BCUT2D eigenvalue weighted by atomic mass is 10.0. The Hall–Kier alpha value is -3.73. The molecule has 2 heterocycles. The molecule has 27 heavy (non-hydrogen) atoms. The van der Waals surface area contributed by atoms with E-state index in [1.54, 1.807) is 25.6 Å². The van der Waals surface area contributed by atoms with Crippen LogP contribution < -0.4 is 10.1 Å². The topological polar surface area (TPSA) is 64.1 Å². The Kier molecular flexibility index (Phi) is 4.49. The zero-order chi connectivity index (χ0) is 18.6. The third kappa shape index (κ3) is 3.48. The van der Waals surface area contributed by atoms with Crippen molar-refractivity contribution in [3.63, 3.8) is 0 Å². The fourth-order valence-electron chi connectivity index (χ4n) is 2.93.